The van der Waals surface area contributed by atoms with E-state index >= 15 is 0 Å². The molecule has 1 fully saturated rings. The molecule has 1 aliphatic rings. The van der Waals surface area contributed by atoms with E-state index < -0.39 is 5.60 Å². The summed E-state index contributed by atoms with van der Waals surface area (Å²) in [5.74, 6) is 0.640. The summed E-state index contributed by atoms with van der Waals surface area (Å²) in [6, 6.07) is 5.89. The van der Waals surface area contributed by atoms with Crippen molar-refractivity contribution in [1.82, 2.24) is 9.80 Å². The normalized spacial score (nSPS) is 15.1. The Morgan fingerprint density at radius 2 is 1.48 bits per heavy atom. The predicted molar refractivity (Wildman–Crippen MR) is 95.8 cm³/mol. The Balaban J connectivity index is 1.80. The Labute approximate surface area is 149 Å². The van der Waals surface area contributed by atoms with Gasteiger partial charge in [-0.3, -0.25) is 4.79 Å². The molecule has 138 valence electrons. The zero-order valence-electron chi connectivity index (χ0n) is 15.8. The first-order chi connectivity index (χ1) is 11.6. The first-order valence-corrected chi connectivity index (χ1v) is 8.61. The summed E-state index contributed by atoms with van der Waals surface area (Å²) in [6.07, 6.45) is -0.328. The smallest absolute Gasteiger partial charge is 0.410 e. The highest BCUT2D eigenvalue weighted by Crippen LogP contribution is 2.16. The van der Waals surface area contributed by atoms with Gasteiger partial charge in [0.15, 0.2) is 6.61 Å². The Bertz CT molecular complexity index is 609. The second kappa shape index (κ2) is 7.76. The highest BCUT2D eigenvalue weighted by atomic mass is 16.6. The largest absolute Gasteiger partial charge is 0.484 e. The Hall–Kier alpha value is -2.24. The van der Waals surface area contributed by atoms with Gasteiger partial charge in [-0.1, -0.05) is 6.07 Å². The molecule has 1 saturated heterocycles. The van der Waals surface area contributed by atoms with Crippen molar-refractivity contribution in [3.05, 3.63) is 29.3 Å². The van der Waals surface area contributed by atoms with Gasteiger partial charge in [-0.05, 0) is 57.9 Å². The number of carbonyl (C=O) groups is 2. The molecule has 0 aliphatic carbocycles. The lowest BCUT2D eigenvalue weighted by molar-refractivity contribution is -0.135. The highest BCUT2D eigenvalue weighted by Gasteiger charge is 2.27. The van der Waals surface area contributed by atoms with Gasteiger partial charge in [0, 0.05) is 26.2 Å². The van der Waals surface area contributed by atoms with Gasteiger partial charge >= 0.3 is 6.09 Å². The second-order valence-electron chi connectivity index (χ2n) is 7.46. The molecule has 0 unspecified atom stereocenters. The fourth-order valence-corrected chi connectivity index (χ4v) is 2.72. The number of piperazine rings is 1. The molecule has 1 aromatic carbocycles. The number of nitrogens with zero attached hydrogens (tertiary/aromatic N) is 2. The number of aryl methyl sites for hydroxylation is 2. The van der Waals surface area contributed by atoms with Crippen LogP contribution in [0.1, 0.15) is 31.9 Å². The third kappa shape index (κ3) is 5.96. The quantitative estimate of drug-likeness (QED) is 0.843. The number of hydrogen-bond acceptors (Lipinski definition) is 4. The minimum atomic E-state index is -0.510. The maximum Gasteiger partial charge on any atom is 0.410 e. The van der Waals surface area contributed by atoms with E-state index in [1.54, 1.807) is 9.80 Å². The zero-order valence-corrected chi connectivity index (χ0v) is 15.8. The molecule has 25 heavy (non-hydrogen) atoms. The van der Waals surface area contributed by atoms with E-state index in [1.807, 2.05) is 46.8 Å². The third-order valence-electron chi connectivity index (χ3n) is 3.84. The number of benzene rings is 1. The molecule has 2 amide bonds. The van der Waals surface area contributed by atoms with E-state index in [9.17, 15) is 9.59 Å². The minimum Gasteiger partial charge on any atom is -0.484 e. The Kier molecular flexibility index (Phi) is 5.93. The van der Waals surface area contributed by atoms with Gasteiger partial charge < -0.3 is 19.3 Å². The van der Waals surface area contributed by atoms with Gasteiger partial charge in [0.2, 0.25) is 0 Å². The van der Waals surface area contributed by atoms with Crippen LogP contribution in [0.15, 0.2) is 18.2 Å². The lowest BCUT2D eigenvalue weighted by Gasteiger charge is -2.35. The molecule has 0 radical (unpaired) electrons. The van der Waals surface area contributed by atoms with Crippen LogP contribution in [0, 0.1) is 13.8 Å². The Morgan fingerprint density at radius 3 is 2.00 bits per heavy atom. The molecule has 6 nitrogen and oxygen atoms in total. The fraction of sp³-hybridized carbons (Fsp3) is 0.579. The fourth-order valence-electron chi connectivity index (χ4n) is 2.72. The second-order valence-corrected chi connectivity index (χ2v) is 7.46. The topological polar surface area (TPSA) is 59.1 Å². The van der Waals surface area contributed by atoms with E-state index in [0.29, 0.717) is 31.9 Å². The van der Waals surface area contributed by atoms with Crippen LogP contribution in [-0.2, 0) is 9.53 Å². The van der Waals surface area contributed by atoms with Crippen LogP contribution < -0.4 is 4.74 Å². The van der Waals surface area contributed by atoms with Crippen LogP contribution in [0.3, 0.4) is 0 Å². The minimum absolute atomic E-state index is 0.00926. The average molecular weight is 348 g/mol. The molecule has 1 aliphatic heterocycles. The van der Waals surface area contributed by atoms with Gasteiger partial charge in [-0.2, -0.15) is 0 Å². The van der Waals surface area contributed by atoms with E-state index in [-0.39, 0.29) is 18.6 Å². The molecular formula is C19H28N2O4. The van der Waals surface area contributed by atoms with Crippen molar-refractivity contribution in [1.29, 1.82) is 0 Å². The first-order valence-electron chi connectivity index (χ1n) is 8.61. The van der Waals surface area contributed by atoms with Crippen molar-refractivity contribution in [2.75, 3.05) is 32.8 Å². The molecule has 0 bridgehead atoms. The van der Waals surface area contributed by atoms with Crippen LogP contribution >= 0.6 is 0 Å². The van der Waals surface area contributed by atoms with Gasteiger partial charge in [0.05, 0.1) is 0 Å². The van der Waals surface area contributed by atoms with Crippen LogP contribution in [-0.4, -0.2) is 60.2 Å². The van der Waals surface area contributed by atoms with Gasteiger partial charge in [0.25, 0.3) is 5.91 Å². The molecule has 2 rings (SSSR count). The number of carbonyl (C=O) groups excluding carboxylic acids is 2. The molecule has 0 saturated carbocycles. The van der Waals surface area contributed by atoms with E-state index in [4.69, 9.17) is 9.47 Å². The molecule has 1 heterocycles. The average Bonchev–Trinajstić information content (AvgIpc) is 2.50. The maximum atomic E-state index is 12.3. The summed E-state index contributed by atoms with van der Waals surface area (Å²) in [5.41, 5.74) is 1.70. The van der Waals surface area contributed by atoms with Crippen molar-refractivity contribution < 1.29 is 19.1 Å². The van der Waals surface area contributed by atoms with Crippen molar-refractivity contribution in [3.63, 3.8) is 0 Å². The summed E-state index contributed by atoms with van der Waals surface area (Å²) >= 11 is 0. The number of amides is 2. The highest BCUT2D eigenvalue weighted by molar-refractivity contribution is 5.78. The molecular weight excluding hydrogens is 320 g/mol. The first kappa shape index (κ1) is 19.1. The van der Waals surface area contributed by atoms with Crippen molar-refractivity contribution in [2.45, 2.75) is 40.2 Å². The summed E-state index contributed by atoms with van der Waals surface area (Å²) < 4.78 is 11.0. The third-order valence-corrected chi connectivity index (χ3v) is 3.84. The molecule has 0 aromatic heterocycles. The lowest BCUT2D eigenvalue weighted by Crippen LogP contribution is -2.52. The van der Waals surface area contributed by atoms with Gasteiger partial charge in [-0.25, -0.2) is 4.79 Å². The zero-order chi connectivity index (χ0) is 18.6. The molecule has 0 spiro atoms. The lowest BCUT2D eigenvalue weighted by atomic mass is 10.1. The van der Waals surface area contributed by atoms with Crippen LogP contribution in [0.5, 0.6) is 5.75 Å². The monoisotopic (exact) mass is 348 g/mol. The van der Waals surface area contributed by atoms with Crippen LogP contribution in [0.4, 0.5) is 4.79 Å². The van der Waals surface area contributed by atoms with Crippen LogP contribution in [0.25, 0.3) is 0 Å². The van der Waals surface area contributed by atoms with Gasteiger partial charge in [0.1, 0.15) is 11.4 Å². The van der Waals surface area contributed by atoms with E-state index in [0.717, 1.165) is 11.1 Å². The molecule has 0 N–H and O–H groups in total. The van der Waals surface area contributed by atoms with Crippen molar-refractivity contribution in [2.24, 2.45) is 0 Å². The van der Waals surface area contributed by atoms with Crippen molar-refractivity contribution >= 4 is 12.0 Å². The summed E-state index contributed by atoms with van der Waals surface area (Å²) in [4.78, 5) is 27.7. The predicted octanol–water partition coefficient (Wildman–Crippen LogP) is 2.76. The standard InChI is InChI=1S/C19H28N2O4/c1-14-10-15(2)12-16(11-14)24-13-17(22)20-6-8-21(9-7-20)18(23)25-19(3,4)5/h10-12H,6-9,13H2,1-5H3. The molecule has 1 aromatic rings. The summed E-state index contributed by atoms with van der Waals surface area (Å²) in [5, 5.41) is 0. The SMILES string of the molecule is Cc1cc(C)cc(OCC(=O)N2CCN(C(=O)OC(C)(C)C)CC2)c1. The maximum absolute atomic E-state index is 12.3. The number of rotatable bonds is 3. The van der Waals surface area contributed by atoms with E-state index in [1.165, 1.54) is 0 Å². The molecule has 6 heteroatoms. The number of ether oxygens (including phenoxy) is 2. The van der Waals surface area contributed by atoms with Crippen molar-refractivity contribution in [3.8, 4) is 5.75 Å². The number of hydrogen-bond donors (Lipinski definition) is 0. The summed E-state index contributed by atoms with van der Waals surface area (Å²) in [6.45, 7) is 11.5. The summed E-state index contributed by atoms with van der Waals surface area (Å²) in [7, 11) is 0. The molecule has 0 atom stereocenters. The van der Waals surface area contributed by atoms with Gasteiger partial charge in [-0.15, -0.1) is 0 Å². The van der Waals surface area contributed by atoms with Crippen LogP contribution in [0.2, 0.25) is 0 Å². The Morgan fingerprint density at radius 1 is 0.960 bits per heavy atom. The van der Waals surface area contributed by atoms with E-state index in [2.05, 4.69) is 6.07 Å².